The third-order valence-corrected chi connectivity index (χ3v) is 1.70. The number of alkyl halides is 1. The van der Waals surface area contributed by atoms with Crippen LogP contribution in [0.25, 0.3) is 0 Å². The SMILES string of the molecule is O=C(O)C(F)Cc1ccc(Br)o1. The zero-order valence-electron chi connectivity index (χ0n) is 5.96. The Labute approximate surface area is 76.3 Å². The van der Waals surface area contributed by atoms with E-state index in [1.807, 2.05) is 0 Å². The molecule has 1 aromatic rings. The van der Waals surface area contributed by atoms with Crippen molar-refractivity contribution in [2.75, 3.05) is 0 Å². The molecule has 1 heterocycles. The molecule has 0 bridgehead atoms. The van der Waals surface area contributed by atoms with Crippen LogP contribution in [0, 0.1) is 0 Å². The molecule has 0 aliphatic carbocycles. The lowest BCUT2D eigenvalue weighted by molar-refractivity contribution is -0.142. The molecule has 1 aromatic heterocycles. The van der Waals surface area contributed by atoms with Crippen LogP contribution in [0.3, 0.4) is 0 Å². The van der Waals surface area contributed by atoms with Gasteiger partial charge in [-0.25, -0.2) is 9.18 Å². The van der Waals surface area contributed by atoms with Crippen molar-refractivity contribution in [3.63, 3.8) is 0 Å². The van der Waals surface area contributed by atoms with Gasteiger partial charge in [0.25, 0.3) is 0 Å². The molecule has 66 valence electrons. The molecule has 3 nitrogen and oxygen atoms in total. The van der Waals surface area contributed by atoms with E-state index in [9.17, 15) is 9.18 Å². The predicted octanol–water partition coefficient (Wildman–Crippen LogP) is 2.01. The molecule has 0 amide bonds. The Hall–Kier alpha value is -0.840. The summed E-state index contributed by atoms with van der Waals surface area (Å²) in [6, 6.07) is 3.11. The van der Waals surface area contributed by atoms with Crippen molar-refractivity contribution in [3.05, 3.63) is 22.6 Å². The number of hydrogen-bond acceptors (Lipinski definition) is 2. The quantitative estimate of drug-likeness (QED) is 0.874. The van der Waals surface area contributed by atoms with Gasteiger partial charge in [-0.15, -0.1) is 0 Å². The Morgan fingerprint density at radius 3 is 2.83 bits per heavy atom. The van der Waals surface area contributed by atoms with E-state index in [-0.39, 0.29) is 6.42 Å². The van der Waals surface area contributed by atoms with E-state index in [0.29, 0.717) is 10.4 Å². The fraction of sp³-hybridized carbons (Fsp3) is 0.286. The minimum absolute atomic E-state index is 0.235. The van der Waals surface area contributed by atoms with E-state index < -0.39 is 12.1 Å². The van der Waals surface area contributed by atoms with Crippen molar-refractivity contribution in [2.45, 2.75) is 12.6 Å². The average Bonchev–Trinajstić information content (AvgIpc) is 2.35. The number of carbonyl (C=O) groups is 1. The Bertz CT molecular complexity index is 284. The number of carboxylic acids is 1. The van der Waals surface area contributed by atoms with E-state index in [2.05, 4.69) is 15.9 Å². The zero-order chi connectivity index (χ0) is 9.14. The van der Waals surface area contributed by atoms with Gasteiger partial charge in [-0.2, -0.15) is 0 Å². The molecule has 0 saturated carbocycles. The van der Waals surface area contributed by atoms with Crippen LogP contribution < -0.4 is 0 Å². The number of halogens is 2. The van der Waals surface area contributed by atoms with Crippen molar-refractivity contribution >= 4 is 21.9 Å². The first kappa shape index (κ1) is 9.25. The second-order valence-electron chi connectivity index (χ2n) is 2.22. The summed E-state index contributed by atoms with van der Waals surface area (Å²) in [6.07, 6.45) is -2.14. The van der Waals surface area contributed by atoms with Crippen LogP contribution in [0.15, 0.2) is 21.2 Å². The van der Waals surface area contributed by atoms with Gasteiger partial charge in [0.05, 0.1) is 0 Å². The van der Waals surface area contributed by atoms with Gasteiger partial charge in [0.1, 0.15) is 5.76 Å². The van der Waals surface area contributed by atoms with Crippen molar-refractivity contribution in [1.29, 1.82) is 0 Å². The van der Waals surface area contributed by atoms with Crippen LogP contribution in [0.1, 0.15) is 5.76 Å². The van der Waals surface area contributed by atoms with Gasteiger partial charge in [-0.3, -0.25) is 0 Å². The fourth-order valence-corrected chi connectivity index (χ4v) is 1.07. The topological polar surface area (TPSA) is 50.4 Å². The highest BCUT2D eigenvalue weighted by Gasteiger charge is 2.17. The minimum atomic E-state index is -1.90. The van der Waals surface area contributed by atoms with Crippen LogP contribution >= 0.6 is 15.9 Å². The van der Waals surface area contributed by atoms with Gasteiger partial charge in [-0.05, 0) is 28.1 Å². The second kappa shape index (κ2) is 3.71. The lowest BCUT2D eigenvalue weighted by Gasteiger charge is -1.98. The van der Waals surface area contributed by atoms with Crippen LogP contribution in [-0.2, 0) is 11.2 Å². The van der Waals surface area contributed by atoms with Gasteiger partial charge in [0.2, 0.25) is 6.17 Å². The summed E-state index contributed by atoms with van der Waals surface area (Å²) in [5, 5.41) is 8.22. The predicted molar refractivity (Wildman–Crippen MR) is 42.6 cm³/mol. The number of rotatable bonds is 3. The molecule has 0 aromatic carbocycles. The molecule has 1 rings (SSSR count). The van der Waals surface area contributed by atoms with Gasteiger partial charge < -0.3 is 9.52 Å². The van der Waals surface area contributed by atoms with Crippen molar-refractivity contribution in [3.8, 4) is 0 Å². The highest BCUT2D eigenvalue weighted by molar-refractivity contribution is 9.10. The largest absolute Gasteiger partial charge is 0.479 e. The van der Waals surface area contributed by atoms with Crippen LogP contribution in [0.2, 0.25) is 0 Å². The van der Waals surface area contributed by atoms with Crippen LogP contribution in [0.4, 0.5) is 4.39 Å². The highest BCUT2D eigenvalue weighted by atomic mass is 79.9. The molecule has 1 unspecified atom stereocenters. The molecule has 0 saturated heterocycles. The molecule has 0 radical (unpaired) electrons. The first-order valence-electron chi connectivity index (χ1n) is 3.20. The molecule has 1 atom stereocenters. The molecule has 0 spiro atoms. The normalized spacial score (nSPS) is 12.8. The molecule has 1 N–H and O–H groups in total. The van der Waals surface area contributed by atoms with E-state index >= 15 is 0 Å². The molecule has 0 aliphatic heterocycles. The average molecular weight is 237 g/mol. The minimum Gasteiger partial charge on any atom is -0.479 e. The second-order valence-corrected chi connectivity index (χ2v) is 3.00. The Balaban J connectivity index is 2.58. The molecule has 0 aliphatic rings. The fourth-order valence-electron chi connectivity index (χ4n) is 0.725. The van der Waals surface area contributed by atoms with Crippen molar-refractivity contribution in [2.24, 2.45) is 0 Å². The zero-order valence-corrected chi connectivity index (χ0v) is 7.54. The summed E-state index contributed by atoms with van der Waals surface area (Å²) in [5.74, 6) is -1.15. The van der Waals surface area contributed by atoms with Crippen molar-refractivity contribution in [1.82, 2.24) is 0 Å². The maximum Gasteiger partial charge on any atom is 0.338 e. The smallest absolute Gasteiger partial charge is 0.338 e. The molecule has 12 heavy (non-hydrogen) atoms. The van der Waals surface area contributed by atoms with E-state index in [4.69, 9.17) is 9.52 Å². The first-order valence-corrected chi connectivity index (χ1v) is 4.00. The summed E-state index contributed by atoms with van der Waals surface area (Å²) in [7, 11) is 0. The number of hydrogen-bond donors (Lipinski definition) is 1. The number of furan rings is 1. The maximum absolute atomic E-state index is 12.5. The molecule has 0 fully saturated rings. The summed E-state index contributed by atoms with van der Waals surface area (Å²) in [6.45, 7) is 0. The van der Waals surface area contributed by atoms with Crippen molar-refractivity contribution < 1.29 is 18.7 Å². The Morgan fingerprint density at radius 2 is 2.42 bits per heavy atom. The van der Waals surface area contributed by atoms with Gasteiger partial charge in [-0.1, -0.05) is 0 Å². The monoisotopic (exact) mass is 236 g/mol. The van der Waals surface area contributed by atoms with E-state index in [1.165, 1.54) is 6.07 Å². The Morgan fingerprint density at radius 1 is 1.75 bits per heavy atom. The van der Waals surface area contributed by atoms with Gasteiger partial charge >= 0.3 is 5.97 Å². The maximum atomic E-state index is 12.5. The molecular weight excluding hydrogens is 231 g/mol. The lowest BCUT2D eigenvalue weighted by atomic mass is 10.2. The van der Waals surface area contributed by atoms with E-state index in [0.717, 1.165) is 0 Å². The van der Waals surface area contributed by atoms with E-state index in [1.54, 1.807) is 6.07 Å². The number of aliphatic carboxylic acids is 1. The summed E-state index contributed by atoms with van der Waals surface area (Å²) >= 11 is 3.02. The lowest BCUT2D eigenvalue weighted by Crippen LogP contribution is -2.16. The van der Waals surface area contributed by atoms with Crippen LogP contribution in [0.5, 0.6) is 0 Å². The Kier molecular flexibility index (Phi) is 2.86. The third-order valence-electron chi connectivity index (χ3n) is 1.28. The summed E-state index contributed by atoms with van der Waals surface area (Å²) in [5.41, 5.74) is 0. The molecule has 5 heteroatoms. The highest BCUT2D eigenvalue weighted by Crippen LogP contribution is 2.16. The van der Waals surface area contributed by atoms with Gasteiger partial charge in [0.15, 0.2) is 4.67 Å². The van der Waals surface area contributed by atoms with Crippen LogP contribution in [-0.4, -0.2) is 17.2 Å². The molecular formula is C7H6BrFO3. The summed E-state index contributed by atoms with van der Waals surface area (Å²) in [4.78, 5) is 10.1. The summed E-state index contributed by atoms with van der Waals surface area (Å²) < 4.78 is 17.9. The standard InChI is InChI=1S/C7H6BrFO3/c8-6-2-1-4(12-6)3-5(9)7(10)11/h1-2,5H,3H2,(H,10,11). The first-order chi connectivity index (χ1) is 5.59. The van der Waals surface area contributed by atoms with Gasteiger partial charge in [0, 0.05) is 6.42 Å². The third kappa shape index (κ3) is 2.34. The number of carboxylic acid groups (broad SMARTS) is 1.